The predicted octanol–water partition coefficient (Wildman–Crippen LogP) is 10.1. The fourth-order valence-corrected chi connectivity index (χ4v) is 8.71. The molecule has 3 aliphatic rings. The molecule has 0 bridgehead atoms. The van der Waals surface area contributed by atoms with Crippen LogP contribution < -0.4 is 5.32 Å². The van der Waals surface area contributed by atoms with Crippen molar-refractivity contribution in [3.63, 3.8) is 0 Å². The van der Waals surface area contributed by atoms with Crippen molar-refractivity contribution in [1.29, 1.82) is 0 Å². The van der Waals surface area contributed by atoms with Crippen LogP contribution in [0.2, 0.25) is 0 Å². The van der Waals surface area contributed by atoms with E-state index in [1.165, 1.54) is 43.4 Å². The van der Waals surface area contributed by atoms with Gasteiger partial charge in [-0.25, -0.2) is 0 Å². The monoisotopic (exact) mass is 611 g/mol. The van der Waals surface area contributed by atoms with Crippen molar-refractivity contribution in [3.8, 4) is 5.69 Å². The first-order valence-electron chi connectivity index (χ1n) is 16.1. The van der Waals surface area contributed by atoms with Crippen LogP contribution in [0.15, 0.2) is 162 Å². The molecule has 3 atom stereocenters. The van der Waals surface area contributed by atoms with Crippen molar-refractivity contribution >= 4 is 45.1 Å². The Labute approximate surface area is 273 Å². The number of amidine groups is 1. The average molecular weight is 612 g/mol. The molecule has 0 saturated carbocycles. The van der Waals surface area contributed by atoms with Crippen molar-refractivity contribution in [2.45, 2.75) is 29.0 Å². The van der Waals surface area contributed by atoms with Gasteiger partial charge in [0.05, 0.1) is 17.1 Å². The summed E-state index contributed by atoms with van der Waals surface area (Å²) in [6.45, 7) is 0. The van der Waals surface area contributed by atoms with Crippen molar-refractivity contribution in [1.82, 2.24) is 9.88 Å². The van der Waals surface area contributed by atoms with Crippen LogP contribution in [0.25, 0.3) is 33.2 Å². The Hall–Kier alpha value is -5.06. The minimum atomic E-state index is 0.0572. The first-order chi connectivity index (χ1) is 22.8. The lowest BCUT2D eigenvalue weighted by molar-refractivity contribution is 0.576. The molecular weight excluding hydrogens is 579 g/mol. The summed E-state index contributed by atoms with van der Waals surface area (Å²) in [4.78, 5) is 6.74. The summed E-state index contributed by atoms with van der Waals surface area (Å²) in [5.74, 6) is 1.25. The molecule has 46 heavy (non-hydrogen) atoms. The Morgan fingerprint density at radius 1 is 0.739 bits per heavy atom. The summed E-state index contributed by atoms with van der Waals surface area (Å²) < 4.78 is 2.44. The van der Waals surface area contributed by atoms with Gasteiger partial charge in [-0.2, -0.15) is 0 Å². The van der Waals surface area contributed by atoms with Gasteiger partial charge in [-0.3, -0.25) is 4.99 Å². The number of hydrogen-bond acceptors (Lipinski definition) is 3. The first-order valence-corrected chi connectivity index (χ1v) is 17.0. The van der Waals surface area contributed by atoms with Gasteiger partial charge in [0, 0.05) is 43.8 Å². The molecule has 2 aliphatic heterocycles. The third-order valence-electron chi connectivity index (χ3n) is 9.49. The summed E-state index contributed by atoms with van der Waals surface area (Å²) in [6, 6.07) is 44.0. The van der Waals surface area contributed by atoms with E-state index in [0.29, 0.717) is 11.2 Å². The van der Waals surface area contributed by atoms with E-state index in [1.54, 1.807) is 0 Å². The molecular formula is C42H33N3S. The summed E-state index contributed by atoms with van der Waals surface area (Å²) in [5, 5.41) is 6.82. The van der Waals surface area contributed by atoms with Gasteiger partial charge in [-0.1, -0.05) is 121 Å². The van der Waals surface area contributed by atoms with E-state index in [2.05, 4.69) is 162 Å². The van der Waals surface area contributed by atoms with Crippen LogP contribution in [0.3, 0.4) is 0 Å². The van der Waals surface area contributed by atoms with E-state index in [9.17, 15) is 0 Å². The Bertz CT molecular complexity index is 2220. The van der Waals surface area contributed by atoms with Crippen molar-refractivity contribution < 1.29 is 0 Å². The highest BCUT2D eigenvalue weighted by molar-refractivity contribution is 8.00. The molecule has 1 N–H and O–H groups in total. The maximum atomic E-state index is 5.31. The van der Waals surface area contributed by atoms with Gasteiger partial charge in [0.15, 0.2) is 0 Å². The minimum Gasteiger partial charge on any atom is -0.340 e. The molecule has 1 aliphatic carbocycles. The smallest absolute Gasteiger partial charge is 0.133 e. The molecule has 4 heteroatoms. The summed E-state index contributed by atoms with van der Waals surface area (Å²) in [7, 11) is 0. The zero-order chi connectivity index (χ0) is 30.5. The number of para-hydroxylation sites is 1. The summed E-state index contributed by atoms with van der Waals surface area (Å²) in [6.07, 6.45) is 13.2. The number of benzene rings is 5. The zero-order valence-electron chi connectivity index (χ0n) is 25.4. The Morgan fingerprint density at radius 2 is 1.54 bits per heavy atom. The van der Waals surface area contributed by atoms with E-state index in [4.69, 9.17) is 4.99 Å². The number of allylic oxidation sites excluding steroid dienone is 3. The van der Waals surface area contributed by atoms with Gasteiger partial charge < -0.3 is 9.88 Å². The second kappa shape index (κ2) is 11.4. The molecule has 9 rings (SSSR count). The number of aliphatic imine (C=N–C) groups is 1. The number of nitrogens with zero attached hydrogens (tertiary/aromatic N) is 2. The van der Waals surface area contributed by atoms with Gasteiger partial charge in [0.1, 0.15) is 5.84 Å². The Morgan fingerprint density at radius 3 is 2.39 bits per heavy atom. The predicted molar refractivity (Wildman–Crippen MR) is 194 cm³/mol. The third kappa shape index (κ3) is 4.72. The largest absolute Gasteiger partial charge is 0.340 e. The fourth-order valence-electron chi connectivity index (χ4n) is 7.24. The van der Waals surface area contributed by atoms with Crippen LogP contribution >= 0.6 is 11.8 Å². The standard InChI is InChI=1S/C42H33N3S/c1-4-13-28(14-5-1)35-27-36(29-15-6-2-7-16-29)44-42(43-35)32-19-12-20-33(25-32)45-37-22-11-10-21-34(37)40-38(45)24-23-31-26-39(46-41(31)40)30-17-8-3-9-18-30/h1-15,17-25,27,29,36,39H,16,26H2,(H,43,44). The molecule has 6 aromatic rings. The fraction of sp³-hybridized carbons (Fsp3) is 0.119. The summed E-state index contributed by atoms with van der Waals surface area (Å²) in [5.41, 5.74) is 9.84. The first kappa shape index (κ1) is 27.3. The van der Waals surface area contributed by atoms with E-state index in [0.717, 1.165) is 35.6 Å². The normalized spacial score (nSPS) is 20.4. The number of nitrogens with one attached hydrogen (secondary N) is 1. The van der Waals surface area contributed by atoms with Crippen LogP contribution in [0, 0.1) is 5.92 Å². The van der Waals surface area contributed by atoms with E-state index in [-0.39, 0.29) is 6.04 Å². The number of rotatable bonds is 5. The number of aromatic nitrogens is 1. The van der Waals surface area contributed by atoms with Gasteiger partial charge in [-0.05, 0) is 59.9 Å². The van der Waals surface area contributed by atoms with Crippen LogP contribution in [-0.2, 0) is 6.42 Å². The molecule has 222 valence electrons. The molecule has 0 radical (unpaired) electrons. The zero-order valence-corrected chi connectivity index (χ0v) is 26.2. The topological polar surface area (TPSA) is 29.3 Å². The number of thioether (sulfide) groups is 1. The van der Waals surface area contributed by atoms with Crippen LogP contribution in [0.5, 0.6) is 0 Å². The molecule has 5 aromatic carbocycles. The second-order valence-corrected chi connectivity index (χ2v) is 13.5. The quantitative estimate of drug-likeness (QED) is 0.210. The molecule has 3 nitrogen and oxygen atoms in total. The maximum absolute atomic E-state index is 5.31. The molecule has 0 fully saturated rings. The van der Waals surface area contributed by atoms with Crippen LogP contribution in [-0.4, -0.2) is 16.4 Å². The lowest BCUT2D eigenvalue weighted by atomic mass is 9.90. The lowest BCUT2D eigenvalue weighted by Gasteiger charge is -2.27. The van der Waals surface area contributed by atoms with E-state index >= 15 is 0 Å². The molecule has 0 saturated heterocycles. The highest BCUT2D eigenvalue weighted by atomic mass is 32.2. The van der Waals surface area contributed by atoms with Gasteiger partial charge in [-0.15, -0.1) is 11.8 Å². The van der Waals surface area contributed by atoms with E-state index in [1.807, 2.05) is 11.8 Å². The van der Waals surface area contributed by atoms with Crippen molar-refractivity contribution in [3.05, 3.63) is 174 Å². The molecule has 3 heterocycles. The molecule has 0 spiro atoms. The Kier molecular flexibility index (Phi) is 6.75. The van der Waals surface area contributed by atoms with Crippen LogP contribution in [0.1, 0.15) is 33.9 Å². The van der Waals surface area contributed by atoms with E-state index < -0.39 is 0 Å². The highest BCUT2D eigenvalue weighted by Gasteiger charge is 2.28. The van der Waals surface area contributed by atoms with Crippen molar-refractivity contribution in [2.24, 2.45) is 10.9 Å². The Balaban J connectivity index is 1.15. The molecule has 3 unspecified atom stereocenters. The van der Waals surface area contributed by atoms with Gasteiger partial charge in [0.2, 0.25) is 0 Å². The highest BCUT2D eigenvalue weighted by Crippen LogP contribution is 2.51. The lowest BCUT2D eigenvalue weighted by Crippen LogP contribution is -2.32. The second-order valence-electron chi connectivity index (χ2n) is 12.3. The minimum absolute atomic E-state index is 0.0572. The SMILES string of the molecule is C1=CCC(C2C=C(c3ccccc3)NC(c3cccc(-n4c5ccccc5c5c6c(ccc54)CC(c4ccccc4)S6)c3)=N2)C=C1. The molecule has 0 amide bonds. The van der Waals surface area contributed by atoms with Crippen LogP contribution in [0.4, 0.5) is 0 Å². The van der Waals surface area contributed by atoms with Gasteiger partial charge in [0.25, 0.3) is 0 Å². The third-order valence-corrected chi connectivity index (χ3v) is 10.9. The maximum Gasteiger partial charge on any atom is 0.133 e. The average Bonchev–Trinajstić information content (AvgIpc) is 3.72. The van der Waals surface area contributed by atoms with Gasteiger partial charge >= 0.3 is 0 Å². The number of fused-ring (bicyclic) bond motifs is 5. The number of hydrogen-bond donors (Lipinski definition) is 1. The van der Waals surface area contributed by atoms with Crippen molar-refractivity contribution in [2.75, 3.05) is 0 Å². The molecule has 1 aromatic heterocycles. The summed E-state index contributed by atoms with van der Waals surface area (Å²) >= 11 is 2.02.